The van der Waals surface area contributed by atoms with Gasteiger partial charge in [-0.05, 0) is 41.5 Å². The molecule has 0 spiro atoms. The fourth-order valence-electron chi connectivity index (χ4n) is 3.27. The lowest BCUT2D eigenvalue weighted by atomic mass is 10.1. The van der Waals surface area contributed by atoms with E-state index in [4.69, 9.17) is 14.2 Å². The third-order valence-corrected chi connectivity index (χ3v) is 4.64. The van der Waals surface area contributed by atoms with Crippen LogP contribution in [0.15, 0.2) is 60.9 Å². The Kier molecular flexibility index (Phi) is 7.03. The summed E-state index contributed by atoms with van der Waals surface area (Å²) < 4.78 is 30.6. The zero-order valence-electron chi connectivity index (χ0n) is 16.9. The summed E-state index contributed by atoms with van der Waals surface area (Å²) >= 11 is 0. The van der Waals surface area contributed by atoms with E-state index in [0.29, 0.717) is 42.4 Å². The molecule has 0 saturated carbocycles. The van der Waals surface area contributed by atoms with Crippen LogP contribution >= 0.6 is 0 Å². The Bertz CT molecular complexity index is 909. The van der Waals surface area contributed by atoms with Crippen LogP contribution in [-0.4, -0.2) is 31.2 Å². The van der Waals surface area contributed by atoms with Gasteiger partial charge in [0.25, 0.3) is 0 Å². The first-order chi connectivity index (χ1) is 14.1. The molecule has 6 heteroatoms. The number of pyridine rings is 1. The molecule has 0 amide bonds. The van der Waals surface area contributed by atoms with E-state index in [0.717, 1.165) is 11.1 Å². The van der Waals surface area contributed by atoms with Crippen LogP contribution < -0.4 is 14.2 Å². The van der Waals surface area contributed by atoms with Crippen molar-refractivity contribution in [3.05, 3.63) is 83.4 Å². The van der Waals surface area contributed by atoms with Gasteiger partial charge in [-0.15, -0.1) is 0 Å². The minimum absolute atomic E-state index is 0.211. The van der Waals surface area contributed by atoms with Crippen molar-refractivity contribution in [3.63, 3.8) is 0 Å². The van der Waals surface area contributed by atoms with Gasteiger partial charge in [0, 0.05) is 37.6 Å². The molecule has 152 valence electrons. The maximum absolute atomic E-state index is 14.3. The largest absolute Gasteiger partial charge is 0.493 e. The maximum Gasteiger partial charge on any atom is 0.203 e. The van der Waals surface area contributed by atoms with Gasteiger partial charge in [-0.2, -0.15) is 0 Å². The highest BCUT2D eigenvalue weighted by molar-refractivity contribution is 5.53. The van der Waals surface area contributed by atoms with Gasteiger partial charge in [0.2, 0.25) is 5.75 Å². The van der Waals surface area contributed by atoms with Crippen molar-refractivity contribution in [2.45, 2.75) is 19.6 Å². The summed E-state index contributed by atoms with van der Waals surface area (Å²) in [5.41, 5.74) is 2.72. The highest BCUT2D eigenvalue weighted by Gasteiger charge is 2.16. The molecule has 0 aliphatic rings. The van der Waals surface area contributed by atoms with Gasteiger partial charge in [-0.1, -0.05) is 18.2 Å². The van der Waals surface area contributed by atoms with Crippen molar-refractivity contribution in [2.24, 2.45) is 0 Å². The van der Waals surface area contributed by atoms with E-state index in [2.05, 4.69) is 9.88 Å². The zero-order valence-corrected chi connectivity index (χ0v) is 16.9. The summed E-state index contributed by atoms with van der Waals surface area (Å²) in [5, 5.41) is 0. The summed E-state index contributed by atoms with van der Waals surface area (Å²) in [6.07, 6.45) is 3.52. The Labute approximate surface area is 170 Å². The first-order valence-corrected chi connectivity index (χ1v) is 9.28. The van der Waals surface area contributed by atoms with Crippen LogP contribution in [0.2, 0.25) is 0 Å². The second-order valence-corrected chi connectivity index (χ2v) is 6.63. The molecule has 2 aromatic carbocycles. The lowest BCUT2D eigenvalue weighted by Gasteiger charge is -2.24. The second kappa shape index (κ2) is 9.89. The Morgan fingerprint density at radius 3 is 2.00 bits per heavy atom. The lowest BCUT2D eigenvalue weighted by molar-refractivity contribution is 0.242. The van der Waals surface area contributed by atoms with Crippen molar-refractivity contribution in [1.82, 2.24) is 9.88 Å². The summed E-state index contributed by atoms with van der Waals surface area (Å²) in [4.78, 5) is 6.23. The minimum Gasteiger partial charge on any atom is -0.493 e. The molecule has 0 aliphatic heterocycles. The van der Waals surface area contributed by atoms with Crippen molar-refractivity contribution >= 4 is 0 Å². The average molecular weight is 396 g/mol. The predicted octanol–water partition coefficient (Wildman–Crippen LogP) is 4.45. The highest BCUT2D eigenvalue weighted by Crippen LogP contribution is 2.38. The van der Waals surface area contributed by atoms with Gasteiger partial charge >= 0.3 is 0 Å². The number of hydrogen-bond acceptors (Lipinski definition) is 5. The van der Waals surface area contributed by atoms with E-state index >= 15 is 0 Å². The van der Waals surface area contributed by atoms with Crippen LogP contribution in [0.5, 0.6) is 17.2 Å². The number of nitrogens with zero attached hydrogens (tertiary/aromatic N) is 2. The third kappa shape index (κ3) is 5.23. The number of benzene rings is 2. The number of methoxy groups -OCH3 is 3. The fraction of sp³-hybridized carbons (Fsp3) is 0.261. The molecule has 0 unspecified atom stereocenters. The van der Waals surface area contributed by atoms with E-state index in [1.165, 1.54) is 6.07 Å². The Balaban J connectivity index is 1.91. The minimum atomic E-state index is -0.211. The highest BCUT2D eigenvalue weighted by atomic mass is 19.1. The van der Waals surface area contributed by atoms with Crippen LogP contribution in [-0.2, 0) is 19.6 Å². The molecule has 0 saturated heterocycles. The quantitative estimate of drug-likeness (QED) is 0.535. The normalized spacial score (nSPS) is 10.8. The standard InChI is InChI=1S/C23H25FN2O3/c1-27-21-12-18(13-22(28-2)23(21)29-3)15-26(14-17-8-10-25-11-9-17)16-19-6-4-5-7-20(19)24/h4-13H,14-16H2,1-3H3. The van der Waals surface area contributed by atoms with E-state index in [1.807, 2.05) is 36.4 Å². The SMILES string of the molecule is COc1cc(CN(Cc2ccncc2)Cc2ccccc2F)cc(OC)c1OC. The smallest absolute Gasteiger partial charge is 0.203 e. The number of hydrogen-bond donors (Lipinski definition) is 0. The second-order valence-electron chi connectivity index (χ2n) is 6.63. The number of aromatic nitrogens is 1. The summed E-state index contributed by atoms with van der Waals surface area (Å²) in [6, 6.07) is 14.6. The van der Waals surface area contributed by atoms with Crippen LogP contribution in [0, 0.1) is 5.82 Å². The molecule has 1 heterocycles. The van der Waals surface area contributed by atoms with E-state index in [1.54, 1.807) is 39.8 Å². The van der Waals surface area contributed by atoms with E-state index in [-0.39, 0.29) is 5.82 Å². The van der Waals surface area contributed by atoms with Crippen molar-refractivity contribution in [1.29, 1.82) is 0 Å². The Morgan fingerprint density at radius 2 is 1.41 bits per heavy atom. The monoisotopic (exact) mass is 396 g/mol. The molecule has 0 aliphatic carbocycles. The van der Waals surface area contributed by atoms with Gasteiger partial charge in [0.1, 0.15) is 5.82 Å². The fourth-order valence-corrected chi connectivity index (χ4v) is 3.27. The number of halogens is 1. The van der Waals surface area contributed by atoms with Gasteiger partial charge < -0.3 is 14.2 Å². The Morgan fingerprint density at radius 1 is 0.793 bits per heavy atom. The third-order valence-electron chi connectivity index (χ3n) is 4.64. The molecule has 1 aromatic heterocycles. The average Bonchev–Trinajstić information content (AvgIpc) is 2.75. The zero-order chi connectivity index (χ0) is 20.6. The molecule has 0 N–H and O–H groups in total. The van der Waals surface area contributed by atoms with Crippen molar-refractivity contribution < 1.29 is 18.6 Å². The molecule has 0 fully saturated rings. The molecule has 3 aromatic rings. The summed E-state index contributed by atoms with van der Waals surface area (Å²) in [6.45, 7) is 1.69. The molecule has 29 heavy (non-hydrogen) atoms. The van der Waals surface area contributed by atoms with Gasteiger partial charge in [0.05, 0.1) is 21.3 Å². The van der Waals surface area contributed by atoms with Crippen LogP contribution in [0.4, 0.5) is 4.39 Å². The summed E-state index contributed by atoms with van der Waals surface area (Å²) in [7, 11) is 4.76. The first-order valence-electron chi connectivity index (χ1n) is 9.28. The molecule has 3 rings (SSSR count). The van der Waals surface area contributed by atoms with Crippen LogP contribution in [0.3, 0.4) is 0 Å². The predicted molar refractivity (Wildman–Crippen MR) is 110 cm³/mol. The van der Waals surface area contributed by atoms with E-state index < -0.39 is 0 Å². The van der Waals surface area contributed by atoms with E-state index in [9.17, 15) is 4.39 Å². The van der Waals surface area contributed by atoms with Gasteiger partial charge in [-0.25, -0.2) is 4.39 Å². The molecular weight excluding hydrogens is 371 g/mol. The maximum atomic E-state index is 14.3. The lowest BCUT2D eigenvalue weighted by Crippen LogP contribution is -2.23. The topological polar surface area (TPSA) is 43.8 Å². The molecule has 0 radical (unpaired) electrons. The number of rotatable bonds is 9. The number of ether oxygens (including phenoxy) is 3. The van der Waals surface area contributed by atoms with Gasteiger partial charge in [-0.3, -0.25) is 9.88 Å². The van der Waals surface area contributed by atoms with Crippen molar-refractivity contribution in [3.8, 4) is 17.2 Å². The molecule has 0 atom stereocenters. The summed E-state index contributed by atoms with van der Waals surface area (Å²) in [5.74, 6) is 1.53. The molecule has 0 bridgehead atoms. The molecule has 5 nitrogen and oxygen atoms in total. The first kappa shape index (κ1) is 20.6. The van der Waals surface area contributed by atoms with Crippen LogP contribution in [0.25, 0.3) is 0 Å². The van der Waals surface area contributed by atoms with Crippen molar-refractivity contribution in [2.75, 3.05) is 21.3 Å². The Hall–Kier alpha value is -3.12. The van der Waals surface area contributed by atoms with Gasteiger partial charge in [0.15, 0.2) is 11.5 Å². The van der Waals surface area contributed by atoms with Crippen LogP contribution in [0.1, 0.15) is 16.7 Å². The molecular formula is C23H25FN2O3.